The van der Waals surface area contributed by atoms with Crippen LogP contribution in [0.2, 0.25) is 0 Å². The summed E-state index contributed by atoms with van der Waals surface area (Å²) in [4.78, 5) is 24.4. The minimum absolute atomic E-state index is 0.0920. The number of thiophene rings is 1. The first kappa shape index (κ1) is 17.6. The van der Waals surface area contributed by atoms with Gasteiger partial charge in [0.1, 0.15) is 16.3 Å². The maximum absolute atomic E-state index is 13.6. The van der Waals surface area contributed by atoms with Gasteiger partial charge in [-0.25, -0.2) is 8.78 Å². The first-order valence-electron chi connectivity index (χ1n) is 7.64. The number of thioether (sulfide) groups is 1. The van der Waals surface area contributed by atoms with Gasteiger partial charge in [-0.15, -0.1) is 21.5 Å². The highest BCUT2D eigenvalue weighted by atomic mass is 32.2. The molecule has 11 heteroatoms. The molecular formula is C16H11F2N5O2S2. The van der Waals surface area contributed by atoms with E-state index in [9.17, 15) is 18.4 Å². The van der Waals surface area contributed by atoms with E-state index in [1.807, 2.05) is 0 Å². The molecule has 0 saturated heterocycles. The molecule has 0 saturated carbocycles. The summed E-state index contributed by atoms with van der Waals surface area (Å²) >= 11 is 2.39. The number of halogens is 2. The molecule has 1 amide bonds. The molecule has 0 atom stereocenters. The van der Waals surface area contributed by atoms with Crippen LogP contribution in [-0.4, -0.2) is 30.8 Å². The Bertz CT molecular complexity index is 1250. The largest absolute Gasteiger partial charge is 0.323 e. The van der Waals surface area contributed by atoms with Crippen LogP contribution in [0.4, 0.5) is 14.5 Å². The van der Waals surface area contributed by atoms with E-state index in [2.05, 4.69) is 15.5 Å². The topological polar surface area (TPSA) is 81.3 Å². The lowest BCUT2D eigenvalue weighted by Gasteiger charge is -2.07. The first-order valence-corrected chi connectivity index (χ1v) is 9.51. The Morgan fingerprint density at radius 1 is 1.30 bits per heavy atom. The Balaban J connectivity index is 1.60. The first-order chi connectivity index (χ1) is 13.0. The Labute approximate surface area is 158 Å². The van der Waals surface area contributed by atoms with Gasteiger partial charge in [-0.1, -0.05) is 11.8 Å². The second-order valence-corrected chi connectivity index (χ2v) is 7.44. The molecule has 0 unspecified atom stereocenters. The third-order valence-corrected chi connectivity index (χ3v) is 5.66. The van der Waals surface area contributed by atoms with Crippen molar-refractivity contribution in [3.05, 3.63) is 51.6 Å². The molecule has 27 heavy (non-hydrogen) atoms. The fourth-order valence-corrected chi connectivity index (χ4v) is 4.17. The molecule has 0 bridgehead atoms. The van der Waals surface area contributed by atoms with Crippen molar-refractivity contribution in [2.24, 2.45) is 7.05 Å². The number of aryl methyl sites for hydroxylation is 1. The zero-order chi connectivity index (χ0) is 19.1. The summed E-state index contributed by atoms with van der Waals surface area (Å²) in [5.74, 6) is -1.63. The molecule has 0 radical (unpaired) electrons. The number of aromatic nitrogens is 4. The lowest BCUT2D eigenvalue weighted by atomic mass is 10.3. The summed E-state index contributed by atoms with van der Waals surface area (Å²) in [6, 6.07) is 4.61. The molecule has 0 spiro atoms. The van der Waals surface area contributed by atoms with Crippen molar-refractivity contribution in [2.75, 3.05) is 11.1 Å². The molecule has 0 aliphatic heterocycles. The molecule has 1 aromatic carbocycles. The molecule has 0 fully saturated rings. The van der Waals surface area contributed by atoms with Gasteiger partial charge in [-0.05, 0) is 23.6 Å². The lowest BCUT2D eigenvalue weighted by molar-refractivity contribution is -0.113. The predicted octanol–water partition coefficient (Wildman–Crippen LogP) is 2.65. The van der Waals surface area contributed by atoms with E-state index in [0.29, 0.717) is 21.2 Å². The van der Waals surface area contributed by atoms with Crippen LogP contribution in [-0.2, 0) is 11.8 Å². The number of nitrogens with zero attached hydrogens (tertiary/aromatic N) is 4. The number of carbonyl (C=O) groups is 1. The van der Waals surface area contributed by atoms with Crippen molar-refractivity contribution >= 4 is 50.7 Å². The van der Waals surface area contributed by atoms with E-state index in [-0.39, 0.29) is 17.0 Å². The molecule has 138 valence electrons. The quantitative estimate of drug-likeness (QED) is 0.526. The van der Waals surface area contributed by atoms with Crippen LogP contribution in [0.3, 0.4) is 0 Å². The van der Waals surface area contributed by atoms with Crippen molar-refractivity contribution in [3.63, 3.8) is 0 Å². The monoisotopic (exact) mass is 407 g/mol. The van der Waals surface area contributed by atoms with Gasteiger partial charge in [0.05, 0.1) is 17.0 Å². The normalized spacial score (nSPS) is 11.4. The van der Waals surface area contributed by atoms with Crippen molar-refractivity contribution in [2.45, 2.75) is 5.16 Å². The summed E-state index contributed by atoms with van der Waals surface area (Å²) in [7, 11) is 1.60. The van der Waals surface area contributed by atoms with Crippen LogP contribution in [0, 0.1) is 11.6 Å². The SMILES string of the molecule is Cn1c(=O)c2sccc2n2c(SCC(=O)Nc3cc(F)ccc3F)nnc12. The number of rotatable bonds is 4. The van der Waals surface area contributed by atoms with Gasteiger partial charge in [-0.2, -0.15) is 0 Å². The number of anilines is 1. The number of carbonyl (C=O) groups excluding carboxylic acids is 1. The van der Waals surface area contributed by atoms with Crippen LogP contribution in [0.15, 0.2) is 39.6 Å². The third kappa shape index (κ3) is 3.08. The lowest BCUT2D eigenvalue weighted by Crippen LogP contribution is -2.19. The van der Waals surface area contributed by atoms with Gasteiger partial charge < -0.3 is 5.32 Å². The van der Waals surface area contributed by atoms with Crippen molar-refractivity contribution in [3.8, 4) is 0 Å². The highest BCUT2D eigenvalue weighted by Crippen LogP contribution is 2.24. The van der Waals surface area contributed by atoms with E-state index in [1.54, 1.807) is 22.9 Å². The predicted molar refractivity (Wildman–Crippen MR) is 99.3 cm³/mol. The molecule has 0 aliphatic carbocycles. The third-order valence-electron chi connectivity index (χ3n) is 3.84. The maximum Gasteiger partial charge on any atom is 0.272 e. The summed E-state index contributed by atoms with van der Waals surface area (Å²) < 4.78 is 30.5. The van der Waals surface area contributed by atoms with Crippen LogP contribution in [0.5, 0.6) is 0 Å². The standard InChI is InChI=1S/C16H11F2N5O2S2/c1-22-14(25)13-11(4-5-26-13)23-15(22)20-21-16(23)27-7-12(24)19-10-6-8(17)2-3-9(10)18/h2-6H,7H2,1H3,(H,19,24). The van der Waals surface area contributed by atoms with Gasteiger partial charge in [-0.3, -0.25) is 18.6 Å². The second kappa shape index (κ2) is 6.74. The summed E-state index contributed by atoms with van der Waals surface area (Å²) in [6.45, 7) is 0. The number of fused-ring (bicyclic) bond motifs is 3. The highest BCUT2D eigenvalue weighted by molar-refractivity contribution is 7.99. The molecule has 1 N–H and O–H groups in total. The zero-order valence-corrected chi connectivity index (χ0v) is 15.4. The second-order valence-electron chi connectivity index (χ2n) is 5.58. The van der Waals surface area contributed by atoms with Crippen LogP contribution in [0.1, 0.15) is 0 Å². The van der Waals surface area contributed by atoms with Gasteiger partial charge in [0, 0.05) is 13.1 Å². The van der Waals surface area contributed by atoms with Crippen LogP contribution < -0.4 is 10.9 Å². The van der Waals surface area contributed by atoms with Gasteiger partial charge in [0.25, 0.3) is 5.56 Å². The zero-order valence-electron chi connectivity index (χ0n) is 13.8. The molecule has 3 heterocycles. The summed E-state index contributed by atoms with van der Waals surface area (Å²) in [5, 5.41) is 12.6. The van der Waals surface area contributed by atoms with E-state index >= 15 is 0 Å². The van der Waals surface area contributed by atoms with E-state index in [1.165, 1.54) is 15.9 Å². The maximum atomic E-state index is 13.6. The average Bonchev–Trinajstić information content (AvgIpc) is 3.27. The smallest absolute Gasteiger partial charge is 0.272 e. The van der Waals surface area contributed by atoms with Crippen LogP contribution >= 0.6 is 23.1 Å². The highest BCUT2D eigenvalue weighted by Gasteiger charge is 2.17. The molecule has 0 aliphatic rings. The summed E-state index contributed by atoms with van der Waals surface area (Å²) in [6.07, 6.45) is 0. The molecule has 4 rings (SSSR count). The van der Waals surface area contributed by atoms with Crippen molar-refractivity contribution in [1.29, 1.82) is 0 Å². The van der Waals surface area contributed by atoms with Gasteiger partial charge in [0.2, 0.25) is 11.7 Å². The van der Waals surface area contributed by atoms with Crippen LogP contribution in [0.25, 0.3) is 16.0 Å². The number of amides is 1. The Hall–Kier alpha value is -2.79. The molecule has 4 aromatic rings. The minimum atomic E-state index is -0.724. The van der Waals surface area contributed by atoms with E-state index < -0.39 is 17.5 Å². The van der Waals surface area contributed by atoms with E-state index in [4.69, 9.17) is 0 Å². The van der Waals surface area contributed by atoms with Crippen molar-refractivity contribution < 1.29 is 13.6 Å². The number of hydrogen-bond donors (Lipinski definition) is 1. The Morgan fingerprint density at radius 2 is 2.11 bits per heavy atom. The fraction of sp³-hybridized carbons (Fsp3) is 0.125. The average molecular weight is 407 g/mol. The van der Waals surface area contributed by atoms with Gasteiger partial charge >= 0.3 is 0 Å². The van der Waals surface area contributed by atoms with Crippen molar-refractivity contribution in [1.82, 2.24) is 19.2 Å². The number of nitrogens with one attached hydrogen (secondary N) is 1. The molecule has 7 nitrogen and oxygen atoms in total. The Morgan fingerprint density at radius 3 is 2.93 bits per heavy atom. The molecule has 3 aromatic heterocycles. The Kier molecular flexibility index (Phi) is 4.40. The number of hydrogen-bond acceptors (Lipinski definition) is 6. The summed E-state index contributed by atoms with van der Waals surface area (Å²) in [5.41, 5.74) is 0.257. The number of benzene rings is 1. The minimum Gasteiger partial charge on any atom is -0.323 e. The van der Waals surface area contributed by atoms with E-state index in [0.717, 1.165) is 30.0 Å². The molecular weight excluding hydrogens is 396 g/mol. The van der Waals surface area contributed by atoms with Gasteiger partial charge in [0.15, 0.2) is 5.16 Å². The fourth-order valence-electron chi connectivity index (χ4n) is 2.58.